The summed E-state index contributed by atoms with van der Waals surface area (Å²) in [7, 11) is -9.01. The van der Waals surface area contributed by atoms with Gasteiger partial charge in [0.05, 0.1) is 54.0 Å². The number of nitrogens with zero attached hydrogens (tertiary/aromatic N) is 4. The number of carbonyl (C=O) groups is 8. The summed E-state index contributed by atoms with van der Waals surface area (Å²) in [5.74, 6) is -7.73. The van der Waals surface area contributed by atoms with Crippen LogP contribution in [-0.2, 0) is 77.2 Å². The van der Waals surface area contributed by atoms with E-state index >= 15 is 0 Å². The quantitative estimate of drug-likeness (QED) is 0.0192. The molecule has 0 saturated carbocycles. The number of hydrogen-bond donors (Lipinski definition) is 6. The number of aromatic nitrogens is 2. The van der Waals surface area contributed by atoms with Gasteiger partial charge in [0.2, 0.25) is 25.9 Å². The van der Waals surface area contributed by atoms with E-state index in [1.54, 1.807) is 81.4 Å². The number of sulfonamides is 2. The molecule has 34 heteroatoms. The highest BCUT2D eigenvalue weighted by molar-refractivity contribution is 7.89. The average molecular weight is 1360 g/mol. The Morgan fingerprint density at radius 3 is 1.57 bits per heavy atom. The highest BCUT2D eigenvalue weighted by Crippen LogP contribution is 2.39. The number of rotatable bonds is 35. The molecule has 6 rings (SSSR count). The zero-order chi connectivity index (χ0) is 67.7. The Morgan fingerprint density at radius 2 is 1.12 bits per heavy atom. The Kier molecular flexibility index (Phi) is 27.4. The van der Waals surface area contributed by atoms with Gasteiger partial charge in [0, 0.05) is 31.7 Å². The molecule has 1 aliphatic rings. The molecular weight excluding hydrogens is 1280 g/mol. The Bertz CT molecular complexity index is 3640. The number of anilines is 3. The second-order valence-corrected chi connectivity index (χ2v) is 24.9. The number of hydrogen-bond acceptors (Lipinski definition) is 27. The number of primary sulfonamides is 2. The summed E-state index contributed by atoms with van der Waals surface area (Å²) in [6, 6.07) is 20.9. The number of para-hydroxylation sites is 2. The minimum Gasteiger partial charge on any atom is -0.470 e. The maximum absolute atomic E-state index is 13.9. The second-order valence-electron chi connectivity index (χ2n) is 21.3. The molecule has 0 spiro atoms. The smallest absolute Gasteiger partial charge is 0.344 e. The Balaban J connectivity index is 1.03. The fraction of sp³-hybridized carbons (Fsp3) is 0.424. The third-order valence-corrected chi connectivity index (χ3v) is 15.3. The van der Waals surface area contributed by atoms with E-state index in [2.05, 4.69) is 30.0 Å². The van der Waals surface area contributed by atoms with Crippen molar-refractivity contribution in [2.45, 2.75) is 81.7 Å². The van der Waals surface area contributed by atoms with Crippen molar-refractivity contribution in [3.63, 3.8) is 0 Å². The number of esters is 5. The molecule has 504 valence electrons. The van der Waals surface area contributed by atoms with Crippen molar-refractivity contribution >= 4 is 96.5 Å². The van der Waals surface area contributed by atoms with Gasteiger partial charge < -0.3 is 73.7 Å². The van der Waals surface area contributed by atoms with Crippen LogP contribution in [-0.4, -0.2) is 182 Å². The van der Waals surface area contributed by atoms with Crippen LogP contribution in [0.15, 0.2) is 94.7 Å². The summed E-state index contributed by atoms with van der Waals surface area (Å²) in [4.78, 5) is 107. The highest BCUT2D eigenvalue weighted by Gasteiger charge is 2.34. The molecule has 4 aromatic carbocycles. The minimum atomic E-state index is -4.51. The number of nitrogens with one attached hydrogen (secondary N) is 4. The van der Waals surface area contributed by atoms with Crippen LogP contribution < -0.4 is 50.7 Å². The van der Waals surface area contributed by atoms with Crippen molar-refractivity contribution in [2.75, 3.05) is 108 Å². The summed E-state index contributed by atoms with van der Waals surface area (Å²) in [5, 5.41) is 21.6. The number of unbranched alkanes of at least 4 members (excludes halogenated alkanes) is 2. The van der Waals surface area contributed by atoms with Gasteiger partial charge in [0.1, 0.15) is 41.0 Å². The van der Waals surface area contributed by atoms with Crippen LogP contribution in [0, 0.1) is 0 Å². The van der Waals surface area contributed by atoms with E-state index < -0.39 is 142 Å². The first-order chi connectivity index (χ1) is 44.2. The average Bonchev–Trinajstić information content (AvgIpc) is 1.34. The minimum absolute atomic E-state index is 0.0719. The van der Waals surface area contributed by atoms with Crippen LogP contribution in [0.3, 0.4) is 0 Å². The number of carbonyl (C=O) groups excluding carboxylic acids is 8. The standard InChI is InChI=1S/C59H74N10O21S3/c1-6-8-20-62-43-26-38(28-45(92(60,78)79)53(43)89-40-16-12-10-13-17-40)57(76)86-34-47(70)64-30-50(73)83-36-49(72)69(59(3,4)5)32-42(33-85-56-55(66-91-67-56)68-22-24-82-25-23-68)88-52(75)37-84-51(74)31-65-48(71)35-87-58(77)39-27-44(63-21-9-7-2)54(46(29-39)93(61,80)81)90-41-18-14-11-15-19-41/h10-19,26-29,42,62-63H,6-9,20-25,30-37H2,1-5H3,(H,64,70)(H,65,71)(H2,60,78,79)(H2,61,80,81)/t42-/m0/s1. The Hall–Kier alpha value is -9.22. The summed E-state index contributed by atoms with van der Waals surface area (Å²) in [6.07, 6.45) is 1.55. The lowest BCUT2D eigenvalue weighted by atomic mass is 10.1. The number of benzene rings is 4. The topological polar surface area (TPSA) is 420 Å². The van der Waals surface area contributed by atoms with Gasteiger partial charge in [-0.15, -0.1) is 4.37 Å². The predicted octanol–water partition coefficient (Wildman–Crippen LogP) is 3.63. The molecule has 2 heterocycles. The van der Waals surface area contributed by atoms with Crippen LogP contribution in [0.5, 0.6) is 28.9 Å². The molecular formula is C59H74N10O21S3. The largest absolute Gasteiger partial charge is 0.470 e. The zero-order valence-electron chi connectivity index (χ0n) is 51.6. The van der Waals surface area contributed by atoms with Crippen molar-refractivity contribution in [1.29, 1.82) is 0 Å². The van der Waals surface area contributed by atoms with Gasteiger partial charge in [-0.2, -0.15) is 4.37 Å². The molecule has 1 saturated heterocycles. The van der Waals surface area contributed by atoms with E-state index in [-0.39, 0.29) is 51.4 Å². The first-order valence-corrected chi connectivity index (χ1v) is 32.9. The van der Waals surface area contributed by atoms with Gasteiger partial charge in [0.25, 0.3) is 23.6 Å². The molecule has 8 N–H and O–H groups in total. The zero-order valence-corrected chi connectivity index (χ0v) is 54.1. The summed E-state index contributed by atoms with van der Waals surface area (Å²) >= 11 is 0.850. The van der Waals surface area contributed by atoms with Crippen LogP contribution in [0.4, 0.5) is 17.2 Å². The SMILES string of the molecule is CCCCNc1cc(C(=O)OCC(=O)NCC(=O)OCC(=O)O[C@H](COc2nsnc2N2CCOCC2)CN(C(=O)COC(=O)CNC(=O)COC(=O)c2cc(NCCCC)c(Oc3ccccc3)c(S(N)(=O)=O)c2)C(C)(C)C)cc(S(N)(=O)=O)c1Oc1ccccc1. The van der Waals surface area contributed by atoms with Gasteiger partial charge in [-0.25, -0.2) is 41.5 Å². The highest BCUT2D eigenvalue weighted by atomic mass is 32.2. The van der Waals surface area contributed by atoms with Crippen LogP contribution >= 0.6 is 11.7 Å². The van der Waals surface area contributed by atoms with E-state index in [1.807, 2.05) is 18.7 Å². The molecule has 1 atom stereocenters. The molecule has 0 aliphatic carbocycles. The Morgan fingerprint density at radius 1 is 0.645 bits per heavy atom. The molecule has 1 fully saturated rings. The summed E-state index contributed by atoms with van der Waals surface area (Å²) in [5.41, 5.74) is -1.47. The maximum atomic E-state index is 13.9. The maximum Gasteiger partial charge on any atom is 0.344 e. The molecule has 93 heavy (non-hydrogen) atoms. The van der Waals surface area contributed by atoms with Gasteiger partial charge in [-0.3, -0.25) is 24.0 Å². The lowest BCUT2D eigenvalue weighted by Crippen LogP contribution is -2.52. The fourth-order valence-electron chi connectivity index (χ4n) is 8.39. The van der Waals surface area contributed by atoms with E-state index in [0.29, 0.717) is 58.1 Å². The summed E-state index contributed by atoms with van der Waals surface area (Å²) in [6.45, 7) is 4.98. The van der Waals surface area contributed by atoms with Crippen molar-refractivity contribution in [1.82, 2.24) is 24.3 Å². The van der Waals surface area contributed by atoms with Crippen molar-refractivity contribution < 1.29 is 97.8 Å². The lowest BCUT2D eigenvalue weighted by molar-refractivity contribution is -0.166. The van der Waals surface area contributed by atoms with Crippen molar-refractivity contribution in [3.05, 3.63) is 96.1 Å². The molecule has 0 unspecified atom stereocenters. The number of morpholine rings is 1. The van der Waals surface area contributed by atoms with Crippen LogP contribution in [0.2, 0.25) is 0 Å². The molecule has 5 aromatic rings. The van der Waals surface area contributed by atoms with Crippen LogP contribution in [0.25, 0.3) is 0 Å². The number of ether oxygens (including phenoxy) is 9. The van der Waals surface area contributed by atoms with Gasteiger partial charge >= 0.3 is 29.8 Å². The first kappa shape index (κ1) is 72.8. The monoisotopic (exact) mass is 1350 g/mol. The third-order valence-electron chi connectivity index (χ3n) is 13.0. The van der Waals surface area contributed by atoms with E-state index in [9.17, 15) is 55.2 Å². The number of amides is 3. The van der Waals surface area contributed by atoms with Crippen molar-refractivity contribution in [3.8, 4) is 28.9 Å². The molecule has 31 nitrogen and oxygen atoms in total. The predicted molar refractivity (Wildman–Crippen MR) is 334 cm³/mol. The van der Waals surface area contributed by atoms with Gasteiger partial charge in [-0.05, 0) is 82.1 Å². The molecule has 0 bridgehead atoms. The summed E-state index contributed by atoms with van der Waals surface area (Å²) < 4.78 is 109. The third kappa shape index (κ3) is 23.4. The first-order valence-electron chi connectivity index (χ1n) is 29.1. The van der Waals surface area contributed by atoms with E-state index in [4.69, 9.17) is 52.9 Å². The second kappa shape index (κ2) is 35.0. The van der Waals surface area contributed by atoms with Gasteiger partial charge in [0.15, 0.2) is 44.0 Å². The van der Waals surface area contributed by atoms with Crippen LogP contribution in [0.1, 0.15) is 81.0 Å². The molecule has 1 aromatic heterocycles. The fourth-order valence-corrected chi connectivity index (χ4v) is 10.3. The van der Waals surface area contributed by atoms with E-state index in [1.165, 1.54) is 17.0 Å². The van der Waals surface area contributed by atoms with Crippen molar-refractivity contribution in [2.24, 2.45) is 10.3 Å². The normalized spacial score (nSPS) is 12.7. The van der Waals surface area contributed by atoms with E-state index in [0.717, 1.165) is 36.7 Å². The molecule has 1 aliphatic heterocycles. The van der Waals surface area contributed by atoms with Gasteiger partial charge in [-0.1, -0.05) is 63.1 Å². The molecule has 0 radical (unpaired) electrons. The Labute approximate surface area is 540 Å². The number of nitrogens with two attached hydrogens (primary N) is 2. The lowest BCUT2D eigenvalue weighted by Gasteiger charge is -2.37. The molecule has 3 amide bonds.